The van der Waals surface area contributed by atoms with Crippen LogP contribution in [0, 0.1) is 10.1 Å². The summed E-state index contributed by atoms with van der Waals surface area (Å²) in [6.07, 6.45) is 1.55. The van der Waals surface area contributed by atoms with Gasteiger partial charge in [-0.2, -0.15) is 0 Å². The Balaban J connectivity index is 2.87. The maximum atomic E-state index is 12.0. The van der Waals surface area contributed by atoms with Gasteiger partial charge in [0.25, 0.3) is 11.6 Å². The maximum Gasteiger partial charge on any atom is 0.269 e. The van der Waals surface area contributed by atoms with Crippen molar-refractivity contribution in [1.82, 2.24) is 4.90 Å². The van der Waals surface area contributed by atoms with Gasteiger partial charge in [-0.15, -0.1) is 6.58 Å². The lowest BCUT2D eigenvalue weighted by molar-refractivity contribution is -0.384. The lowest BCUT2D eigenvalue weighted by Gasteiger charge is -2.19. The molecule has 6 heteroatoms. The minimum absolute atomic E-state index is 0.0658. The molecule has 1 rings (SSSR count). The van der Waals surface area contributed by atoms with Gasteiger partial charge in [0, 0.05) is 30.8 Å². The monoisotopic (exact) mass is 250 g/mol. The van der Waals surface area contributed by atoms with Crippen LogP contribution in [0.15, 0.2) is 36.9 Å². The zero-order valence-corrected chi connectivity index (χ0v) is 9.78. The van der Waals surface area contributed by atoms with E-state index in [1.165, 1.54) is 29.2 Å². The first kappa shape index (κ1) is 13.9. The van der Waals surface area contributed by atoms with E-state index >= 15 is 0 Å². The van der Waals surface area contributed by atoms with Gasteiger partial charge in [0.05, 0.1) is 11.5 Å². The van der Waals surface area contributed by atoms with Crippen LogP contribution in [-0.2, 0) is 0 Å². The number of hydrogen-bond donors (Lipinski definition) is 1. The number of carbonyl (C=O) groups excluding carboxylic acids is 1. The molecule has 0 aromatic heterocycles. The zero-order valence-electron chi connectivity index (χ0n) is 9.78. The van der Waals surface area contributed by atoms with E-state index in [4.69, 9.17) is 5.11 Å². The molecule has 0 aliphatic heterocycles. The number of rotatable bonds is 6. The van der Waals surface area contributed by atoms with Crippen LogP contribution in [-0.4, -0.2) is 40.5 Å². The fourth-order valence-electron chi connectivity index (χ4n) is 1.46. The highest BCUT2D eigenvalue weighted by atomic mass is 16.6. The van der Waals surface area contributed by atoms with Gasteiger partial charge in [-0.05, 0) is 12.1 Å². The van der Waals surface area contributed by atoms with E-state index in [0.29, 0.717) is 12.1 Å². The Bertz CT molecular complexity index is 442. The second kappa shape index (κ2) is 6.51. The molecule has 0 spiro atoms. The molecule has 1 aromatic carbocycles. The summed E-state index contributed by atoms with van der Waals surface area (Å²) in [6.45, 7) is 3.90. The molecule has 18 heavy (non-hydrogen) atoms. The third-order valence-corrected chi connectivity index (χ3v) is 2.33. The summed E-state index contributed by atoms with van der Waals surface area (Å²) in [5.74, 6) is -0.293. The third kappa shape index (κ3) is 3.39. The van der Waals surface area contributed by atoms with Crippen molar-refractivity contribution in [2.24, 2.45) is 0 Å². The molecule has 0 unspecified atom stereocenters. The van der Waals surface area contributed by atoms with Crippen LogP contribution in [0.5, 0.6) is 0 Å². The second-order valence-electron chi connectivity index (χ2n) is 3.57. The van der Waals surface area contributed by atoms with E-state index < -0.39 is 4.92 Å². The van der Waals surface area contributed by atoms with E-state index in [9.17, 15) is 14.9 Å². The smallest absolute Gasteiger partial charge is 0.269 e. The minimum Gasteiger partial charge on any atom is -0.395 e. The van der Waals surface area contributed by atoms with Gasteiger partial charge in [-0.3, -0.25) is 14.9 Å². The van der Waals surface area contributed by atoms with Crippen LogP contribution >= 0.6 is 0 Å². The van der Waals surface area contributed by atoms with Gasteiger partial charge < -0.3 is 10.0 Å². The summed E-state index contributed by atoms with van der Waals surface area (Å²) >= 11 is 0. The Labute approximate surface area is 104 Å². The van der Waals surface area contributed by atoms with Crippen molar-refractivity contribution in [1.29, 1.82) is 0 Å². The second-order valence-corrected chi connectivity index (χ2v) is 3.57. The lowest BCUT2D eigenvalue weighted by Crippen LogP contribution is -2.33. The molecule has 0 fully saturated rings. The fourth-order valence-corrected chi connectivity index (χ4v) is 1.46. The molecular formula is C12H14N2O4. The number of amides is 1. The van der Waals surface area contributed by atoms with E-state index in [-0.39, 0.29) is 24.7 Å². The summed E-state index contributed by atoms with van der Waals surface area (Å²) in [5.41, 5.74) is 0.278. The largest absolute Gasteiger partial charge is 0.395 e. The number of benzene rings is 1. The van der Waals surface area contributed by atoms with E-state index in [1.54, 1.807) is 6.08 Å². The standard InChI is InChI=1S/C12H14N2O4/c1-2-7-13(8-9-15)12(16)10-3-5-11(6-4-10)14(17)18/h2-6,15H,1,7-9H2. The third-order valence-electron chi connectivity index (χ3n) is 2.33. The van der Waals surface area contributed by atoms with Crippen molar-refractivity contribution < 1.29 is 14.8 Å². The number of non-ortho nitro benzene ring substituents is 1. The molecule has 1 amide bonds. The highest BCUT2D eigenvalue weighted by Crippen LogP contribution is 2.13. The molecule has 6 nitrogen and oxygen atoms in total. The van der Waals surface area contributed by atoms with Gasteiger partial charge in [0.1, 0.15) is 0 Å². The average molecular weight is 250 g/mol. The van der Waals surface area contributed by atoms with Crippen LogP contribution in [0.2, 0.25) is 0 Å². The SMILES string of the molecule is C=CCN(CCO)C(=O)c1ccc([N+](=O)[O-])cc1. The van der Waals surface area contributed by atoms with Crippen LogP contribution in [0.3, 0.4) is 0 Å². The minimum atomic E-state index is -0.524. The molecule has 0 aliphatic rings. The molecule has 0 saturated carbocycles. The van der Waals surface area contributed by atoms with E-state index in [2.05, 4.69) is 6.58 Å². The number of nitro groups is 1. The predicted octanol–water partition coefficient (Wildman–Crippen LogP) is 1.22. The zero-order chi connectivity index (χ0) is 13.5. The van der Waals surface area contributed by atoms with Crippen LogP contribution in [0.25, 0.3) is 0 Å². The summed E-state index contributed by atoms with van der Waals surface area (Å²) in [6, 6.07) is 5.35. The molecule has 0 bridgehead atoms. The van der Waals surface area contributed by atoms with Crippen molar-refractivity contribution in [3.63, 3.8) is 0 Å². The molecule has 0 radical (unpaired) electrons. The summed E-state index contributed by atoms with van der Waals surface area (Å²) < 4.78 is 0. The van der Waals surface area contributed by atoms with Crippen molar-refractivity contribution >= 4 is 11.6 Å². The van der Waals surface area contributed by atoms with Gasteiger partial charge in [0.15, 0.2) is 0 Å². The van der Waals surface area contributed by atoms with Crippen molar-refractivity contribution in [3.8, 4) is 0 Å². The maximum absolute atomic E-state index is 12.0. The molecule has 1 aromatic rings. The first-order valence-corrected chi connectivity index (χ1v) is 5.35. The number of carbonyl (C=O) groups is 1. The Kier molecular flexibility index (Phi) is 5.01. The van der Waals surface area contributed by atoms with E-state index in [0.717, 1.165) is 0 Å². The first-order chi connectivity index (χ1) is 8.60. The molecule has 96 valence electrons. The topological polar surface area (TPSA) is 83.7 Å². The van der Waals surface area contributed by atoms with Crippen molar-refractivity contribution in [2.75, 3.05) is 19.7 Å². The molecule has 0 atom stereocenters. The molecule has 0 heterocycles. The fraction of sp³-hybridized carbons (Fsp3) is 0.250. The van der Waals surface area contributed by atoms with Crippen LogP contribution in [0.4, 0.5) is 5.69 Å². The number of nitro benzene ring substituents is 1. The Hall–Kier alpha value is -2.21. The quantitative estimate of drug-likeness (QED) is 0.467. The van der Waals surface area contributed by atoms with Crippen LogP contribution < -0.4 is 0 Å². The summed E-state index contributed by atoms with van der Waals surface area (Å²) in [7, 11) is 0. The number of aliphatic hydroxyl groups is 1. The molecular weight excluding hydrogens is 236 g/mol. The van der Waals surface area contributed by atoms with Crippen molar-refractivity contribution in [3.05, 3.63) is 52.6 Å². The molecule has 0 aliphatic carbocycles. The van der Waals surface area contributed by atoms with E-state index in [1.807, 2.05) is 0 Å². The van der Waals surface area contributed by atoms with Gasteiger partial charge in [0.2, 0.25) is 0 Å². The van der Waals surface area contributed by atoms with Crippen LogP contribution in [0.1, 0.15) is 10.4 Å². The summed E-state index contributed by atoms with van der Waals surface area (Å²) in [5, 5.41) is 19.3. The number of nitrogens with zero attached hydrogens (tertiary/aromatic N) is 2. The Morgan fingerprint density at radius 1 is 1.44 bits per heavy atom. The predicted molar refractivity (Wildman–Crippen MR) is 66.3 cm³/mol. The highest BCUT2D eigenvalue weighted by Gasteiger charge is 2.15. The molecule has 0 saturated heterocycles. The van der Waals surface area contributed by atoms with Gasteiger partial charge >= 0.3 is 0 Å². The average Bonchev–Trinajstić information content (AvgIpc) is 2.38. The van der Waals surface area contributed by atoms with Gasteiger partial charge in [-0.1, -0.05) is 6.08 Å². The number of hydrogen-bond acceptors (Lipinski definition) is 4. The Morgan fingerprint density at radius 3 is 2.50 bits per heavy atom. The normalized spacial score (nSPS) is 9.83. The highest BCUT2D eigenvalue weighted by molar-refractivity contribution is 5.94. The van der Waals surface area contributed by atoms with Gasteiger partial charge in [-0.25, -0.2) is 0 Å². The lowest BCUT2D eigenvalue weighted by atomic mass is 10.2. The summed E-state index contributed by atoms with van der Waals surface area (Å²) in [4.78, 5) is 23.4. The van der Waals surface area contributed by atoms with Crippen molar-refractivity contribution in [2.45, 2.75) is 0 Å². The number of aliphatic hydroxyl groups excluding tert-OH is 1. The first-order valence-electron chi connectivity index (χ1n) is 5.35. The molecule has 1 N–H and O–H groups in total. The Morgan fingerprint density at radius 2 is 2.06 bits per heavy atom.